The van der Waals surface area contributed by atoms with Crippen molar-refractivity contribution >= 4 is 44.8 Å². The van der Waals surface area contributed by atoms with Crippen molar-refractivity contribution < 1.29 is 14.7 Å². The van der Waals surface area contributed by atoms with Crippen LogP contribution in [0.5, 0.6) is 0 Å². The predicted molar refractivity (Wildman–Crippen MR) is 141 cm³/mol. The lowest BCUT2D eigenvalue weighted by molar-refractivity contribution is 0.0707. The molecule has 2 aliphatic heterocycles. The molecule has 3 heterocycles. The van der Waals surface area contributed by atoms with E-state index in [0.717, 1.165) is 55.4 Å². The second-order valence-electron chi connectivity index (χ2n) is 9.01. The van der Waals surface area contributed by atoms with E-state index < -0.39 is 0 Å². The zero-order valence-corrected chi connectivity index (χ0v) is 21.6. The van der Waals surface area contributed by atoms with E-state index in [0.29, 0.717) is 35.6 Å². The Morgan fingerprint density at radius 3 is 2.57 bits per heavy atom. The standard InChI is InChI=1S/C25H33BrN6O3/c1-27-20-10-17(13-28-14-20)24(34)32-9-5-6-19(15-32)30-23-21(11-18(26)12-22(23)29-16-33)25(35)31-7-3-2-4-8-31/h10-14,19,27,29-30,33H,2-9,15-16H2,1H3/t19-/m1/s1. The van der Waals surface area contributed by atoms with Crippen molar-refractivity contribution in [3.63, 3.8) is 0 Å². The van der Waals surface area contributed by atoms with Gasteiger partial charge in [0.2, 0.25) is 0 Å². The summed E-state index contributed by atoms with van der Waals surface area (Å²) in [6, 6.07) is 5.45. The Labute approximate surface area is 214 Å². The molecular formula is C25H33BrN6O3. The molecule has 9 nitrogen and oxygen atoms in total. The van der Waals surface area contributed by atoms with Gasteiger partial charge in [-0.05, 0) is 50.3 Å². The molecule has 1 aromatic carbocycles. The summed E-state index contributed by atoms with van der Waals surface area (Å²) in [4.78, 5) is 34.6. The maximum absolute atomic E-state index is 13.5. The Kier molecular flexibility index (Phi) is 8.46. The van der Waals surface area contributed by atoms with Gasteiger partial charge in [0.15, 0.2) is 0 Å². The first-order valence-corrected chi connectivity index (χ1v) is 13.0. The highest BCUT2D eigenvalue weighted by atomic mass is 79.9. The minimum Gasteiger partial charge on any atom is -0.387 e. The lowest BCUT2D eigenvalue weighted by Gasteiger charge is -2.35. The van der Waals surface area contributed by atoms with Crippen molar-refractivity contribution in [3.8, 4) is 0 Å². The van der Waals surface area contributed by atoms with Crippen LogP contribution in [0.2, 0.25) is 0 Å². The molecule has 0 spiro atoms. The molecule has 0 unspecified atom stereocenters. The first-order valence-electron chi connectivity index (χ1n) is 12.2. The van der Waals surface area contributed by atoms with Crippen molar-refractivity contribution in [1.82, 2.24) is 14.8 Å². The fraction of sp³-hybridized carbons (Fsp3) is 0.480. The van der Waals surface area contributed by atoms with Gasteiger partial charge in [0, 0.05) is 56.1 Å². The topological polar surface area (TPSA) is 110 Å². The number of hydrogen-bond acceptors (Lipinski definition) is 7. The maximum Gasteiger partial charge on any atom is 0.256 e. The number of nitrogens with zero attached hydrogens (tertiary/aromatic N) is 3. The number of pyridine rings is 1. The SMILES string of the molecule is CNc1cncc(C(=O)N2CCC[C@@H](Nc3c(NCO)cc(Br)cc3C(=O)N3CCCCC3)C2)c1. The van der Waals surface area contributed by atoms with Gasteiger partial charge < -0.3 is 30.9 Å². The van der Waals surface area contributed by atoms with Crippen LogP contribution in [0, 0.1) is 0 Å². The third kappa shape index (κ3) is 6.05. The Balaban J connectivity index is 1.57. The van der Waals surface area contributed by atoms with Crippen molar-refractivity contribution in [2.45, 2.75) is 38.1 Å². The summed E-state index contributed by atoms with van der Waals surface area (Å²) in [5.41, 5.74) is 3.21. The molecule has 4 rings (SSSR count). The van der Waals surface area contributed by atoms with Gasteiger partial charge in [0.25, 0.3) is 11.8 Å². The minimum absolute atomic E-state index is 0.0202. The minimum atomic E-state index is -0.257. The van der Waals surface area contributed by atoms with Gasteiger partial charge in [0.05, 0.1) is 28.2 Å². The number of aliphatic hydroxyl groups excluding tert-OH is 1. The Bertz CT molecular complexity index is 1060. The number of aromatic nitrogens is 1. The summed E-state index contributed by atoms with van der Waals surface area (Å²) in [5, 5.41) is 19.1. The molecular weight excluding hydrogens is 512 g/mol. The van der Waals surface area contributed by atoms with Gasteiger partial charge in [-0.1, -0.05) is 15.9 Å². The van der Waals surface area contributed by atoms with Crippen molar-refractivity contribution in [3.05, 3.63) is 46.2 Å². The quantitative estimate of drug-likeness (QED) is 0.394. The monoisotopic (exact) mass is 544 g/mol. The van der Waals surface area contributed by atoms with Crippen LogP contribution in [-0.2, 0) is 0 Å². The summed E-state index contributed by atoms with van der Waals surface area (Å²) >= 11 is 3.52. The first-order chi connectivity index (χ1) is 17.0. The average molecular weight is 545 g/mol. The third-order valence-corrected chi connectivity index (χ3v) is 7.04. The number of likely N-dealkylation sites (tertiary alicyclic amines) is 2. The second-order valence-corrected chi connectivity index (χ2v) is 9.93. The van der Waals surface area contributed by atoms with Crippen molar-refractivity contribution in [1.29, 1.82) is 0 Å². The molecule has 2 saturated heterocycles. The summed E-state index contributed by atoms with van der Waals surface area (Å²) in [7, 11) is 1.80. The number of hydrogen-bond donors (Lipinski definition) is 4. The summed E-state index contributed by atoms with van der Waals surface area (Å²) in [6.07, 6.45) is 8.14. The molecule has 4 N–H and O–H groups in total. The van der Waals surface area contributed by atoms with Gasteiger partial charge in [-0.2, -0.15) is 0 Å². The maximum atomic E-state index is 13.5. The fourth-order valence-corrected chi connectivity index (χ4v) is 5.24. The summed E-state index contributed by atoms with van der Waals surface area (Å²) in [5.74, 6) is -0.0802. The number of rotatable bonds is 7. The lowest BCUT2D eigenvalue weighted by Crippen LogP contribution is -2.45. The van der Waals surface area contributed by atoms with E-state index in [2.05, 4.69) is 36.9 Å². The van der Waals surface area contributed by atoms with Crippen LogP contribution in [0.15, 0.2) is 35.1 Å². The highest BCUT2D eigenvalue weighted by Gasteiger charge is 2.28. The van der Waals surface area contributed by atoms with Crippen LogP contribution in [0.4, 0.5) is 17.1 Å². The van der Waals surface area contributed by atoms with Crippen LogP contribution in [-0.4, -0.2) is 77.7 Å². The van der Waals surface area contributed by atoms with Gasteiger partial charge >= 0.3 is 0 Å². The van der Waals surface area contributed by atoms with E-state index in [1.165, 1.54) is 0 Å². The highest BCUT2D eigenvalue weighted by Crippen LogP contribution is 2.34. The van der Waals surface area contributed by atoms with E-state index in [9.17, 15) is 14.7 Å². The van der Waals surface area contributed by atoms with Gasteiger partial charge in [-0.3, -0.25) is 14.6 Å². The van der Waals surface area contributed by atoms with Crippen LogP contribution < -0.4 is 16.0 Å². The summed E-state index contributed by atoms with van der Waals surface area (Å²) in [6.45, 7) is 2.42. The van der Waals surface area contributed by atoms with Gasteiger partial charge in [-0.25, -0.2) is 0 Å². The number of halogens is 1. The van der Waals surface area contributed by atoms with Crippen molar-refractivity contribution in [2.75, 3.05) is 55.9 Å². The van der Waals surface area contributed by atoms with Crippen LogP contribution >= 0.6 is 15.9 Å². The number of carbonyl (C=O) groups is 2. The normalized spacial score (nSPS) is 18.2. The average Bonchev–Trinajstić information content (AvgIpc) is 2.90. The number of piperidine rings is 2. The largest absolute Gasteiger partial charge is 0.387 e. The zero-order chi connectivity index (χ0) is 24.8. The molecule has 0 aliphatic carbocycles. The lowest BCUT2D eigenvalue weighted by atomic mass is 10.0. The number of anilines is 3. The van der Waals surface area contributed by atoms with Gasteiger partial charge in [-0.15, -0.1) is 0 Å². The Morgan fingerprint density at radius 1 is 1.06 bits per heavy atom. The molecule has 2 amide bonds. The molecule has 35 heavy (non-hydrogen) atoms. The predicted octanol–water partition coefficient (Wildman–Crippen LogP) is 3.59. The molecule has 1 aromatic heterocycles. The molecule has 10 heteroatoms. The van der Waals surface area contributed by atoms with E-state index in [1.54, 1.807) is 25.5 Å². The molecule has 1 atom stereocenters. The second kappa shape index (κ2) is 11.7. The number of carbonyl (C=O) groups excluding carboxylic acids is 2. The van der Waals surface area contributed by atoms with Crippen molar-refractivity contribution in [2.24, 2.45) is 0 Å². The molecule has 2 aromatic rings. The third-order valence-electron chi connectivity index (χ3n) is 6.58. The Hall–Kier alpha value is -2.85. The zero-order valence-electron chi connectivity index (χ0n) is 20.0. The number of amides is 2. The molecule has 2 fully saturated rings. The fourth-order valence-electron chi connectivity index (χ4n) is 4.78. The molecule has 0 radical (unpaired) electrons. The Morgan fingerprint density at radius 2 is 1.83 bits per heavy atom. The molecule has 0 bridgehead atoms. The van der Waals surface area contributed by atoms with E-state index in [-0.39, 0.29) is 24.6 Å². The van der Waals surface area contributed by atoms with Crippen LogP contribution in [0.1, 0.15) is 52.8 Å². The summed E-state index contributed by atoms with van der Waals surface area (Å²) < 4.78 is 0.761. The number of nitrogens with one attached hydrogen (secondary N) is 3. The van der Waals surface area contributed by atoms with Crippen LogP contribution in [0.25, 0.3) is 0 Å². The number of benzene rings is 1. The first kappa shape index (κ1) is 25.2. The van der Waals surface area contributed by atoms with Gasteiger partial charge in [0.1, 0.15) is 6.73 Å². The van der Waals surface area contributed by atoms with E-state index in [1.807, 2.05) is 21.9 Å². The molecule has 188 valence electrons. The smallest absolute Gasteiger partial charge is 0.256 e. The van der Waals surface area contributed by atoms with Crippen LogP contribution in [0.3, 0.4) is 0 Å². The molecule has 2 aliphatic rings. The van der Waals surface area contributed by atoms with E-state index in [4.69, 9.17) is 0 Å². The van der Waals surface area contributed by atoms with E-state index >= 15 is 0 Å². The highest BCUT2D eigenvalue weighted by molar-refractivity contribution is 9.10. The molecule has 0 saturated carbocycles. The number of aliphatic hydroxyl groups is 1.